The molecule has 0 saturated heterocycles. The SMILES string of the molecule is CCCCN(C(=O)c1cc(NN)nc(C(C)C)c1)C1CC1. The van der Waals surface area contributed by atoms with E-state index in [4.69, 9.17) is 5.84 Å². The molecule has 1 aromatic heterocycles. The Morgan fingerprint density at radius 1 is 1.48 bits per heavy atom. The number of nitrogen functional groups attached to an aromatic ring is 1. The van der Waals surface area contributed by atoms with E-state index in [1.807, 2.05) is 11.0 Å². The highest BCUT2D eigenvalue weighted by Gasteiger charge is 2.32. The molecular weight excluding hydrogens is 264 g/mol. The number of hydrogen-bond donors (Lipinski definition) is 2. The van der Waals surface area contributed by atoms with Gasteiger partial charge in [0.1, 0.15) is 5.82 Å². The summed E-state index contributed by atoms with van der Waals surface area (Å²) in [6.07, 6.45) is 4.39. The van der Waals surface area contributed by atoms with Crippen molar-refractivity contribution in [1.29, 1.82) is 0 Å². The number of nitrogens with two attached hydrogens (primary N) is 1. The fraction of sp³-hybridized carbons (Fsp3) is 0.625. The van der Waals surface area contributed by atoms with Crippen LogP contribution in [0.15, 0.2) is 12.1 Å². The van der Waals surface area contributed by atoms with Crippen LogP contribution in [0.1, 0.15) is 68.4 Å². The highest BCUT2D eigenvalue weighted by atomic mass is 16.2. The number of amides is 1. The van der Waals surface area contributed by atoms with Crippen molar-refractivity contribution in [2.24, 2.45) is 5.84 Å². The van der Waals surface area contributed by atoms with Gasteiger partial charge in [0, 0.05) is 23.8 Å². The van der Waals surface area contributed by atoms with Gasteiger partial charge in [-0.25, -0.2) is 10.8 Å². The van der Waals surface area contributed by atoms with Crippen molar-refractivity contribution in [3.8, 4) is 0 Å². The van der Waals surface area contributed by atoms with Crippen molar-refractivity contribution < 1.29 is 4.79 Å². The summed E-state index contributed by atoms with van der Waals surface area (Å²) < 4.78 is 0. The zero-order valence-corrected chi connectivity index (χ0v) is 13.2. The fourth-order valence-electron chi connectivity index (χ4n) is 2.38. The maximum atomic E-state index is 12.8. The Balaban J connectivity index is 2.25. The molecule has 3 N–H and O–H groups in total. The number of anilines is 1. The number of nitrogens with one attached hydrogen (secondary N) is 1. The smallest absolute Gasteiger partial charge is 0.254 e. The molecule has 21 heavy (non-hydrogen) atoms. The van der Waals surface area contributed by atoms with Gasteiger partial charge in [0.15, 0.2) is 0 Å². The van der Waals surface area contributed by atoms with E-state index in [0.717, 1.165) is 37.9 Å². The van der Waals surface area contributed by atoms with E-state index in [-0.39, 0.29) is 11.8 Å². The van der Waals surface area contributed by atoms with Gasteiger partial charge >= 0.3 is 0 Å². The molecule has 2 rings (SSSR count). The van der Waals surface area contributed by atoms with E-state index in [2.05, 4.69) is 31.2 Å². The molecule has 0 atom stereocenters. The van der Waals surface area contributed by atoms with E-state index in [1.54, 1.807) is 6.07 Å². The first-order chi connectivity index (χ1) is 10.1. The lowest BCUT2D eigenvalue weighted by Gasteiger charge is -2.23. The molecule has 1 aliphatic rings. The lowest BCUT2D eigenvalue weighted by Crippen LogP contribution is -2.34. The minimum Gasteiger partial charge on any atom is -0.336 e. The molecule has 0 unspecified atom stereocenters. The van der Waals surface area contributed by atoms with Crippen molar-refractivity contribution >= 4 is 11.7 Å². The molecule has 5 nitrogen and oxygen atoms in total. The number of aromatic nitrogens is 1. The molecule has 116 valence electrons. The third-order valence-corrected chi connectivity index (χ3v) is 3.83. The van der Waals surface area contributed by atoms with Crippen LogP contribution in [-0.4, -0.2) is 28.4 Å². The average molecular weight is 290 g/mol. The zero-order chi connectivity index (χ0) is 15.4. The zero-order valence-electron chi connectivity index (χ0n) is 13.2. The molecule has 0 radical (unpaired) electrons. The molecule has 5 heteroatoms. The van der Waals surface area contributed by atoms with Gasteiger partial charge < -0.3 is 10.3 Å². The largest absolute Gasteiger partial charge is 0.336 e. The first-order valence-corrected chi connectivity index (χ1v) is 7.86. The van der Waals surface area contributed by atoms with Crippen molar-refractivity contribution in [2.75, 3.05) is 12.0 Å². The fourth-order valence-corrected chi connectivity index (χ4v) is 2.38. The molecule has 1 saturated carbocycles. The molecule has 0 aliphatic heterocycles. The van der Waals surface area contributed by atoms with Crippen LogP contribution < -0.4 is 11.3 Å². The molecule has 0 aromatic carbocycles. The molecule has 1 aromatic rings. The van der Waals surface area contributed by atoms with Crippen LogP contribution in [0.5, 0.6) is 0 Å². The van der Waals surface area contributed by atoms with E-state index in [9.17, 15) is 4.79 Å². The Bertz CT molecular complexity index is 497. The third-order valence-electron chi connectivity index (χ3n) is 3.83. The summed E-state index contributed by atoms with van der Waals surface area (Å²) in [6.45, 7) is 7.11. The standard InChI is InChI=1S/C16H26N4O/c1-4-5-8-20(13-6-7-13)16(21)12-9-14(11(2)3)18-15(10-12)19-17/h9-11,13H,4-8,17H2,1-3H3,(H,18,19). The van der Waals surface area contributed by atoms with Gasteiger partial charge in [-0.3, -0.25) is 4.79 Å². The van der Waals surface area contributed by atoms with Crippen LogP contribution in [-0.2, 0) is 0 Å². The van der Waals surface area contributed by atoms with Crippen molar-refractivity contribution in [1.82, 2.24) is 9.88 Å². The monoisotopic (exact) mass is 290 g/mol. The van der Waals surface area contributed by atoms with Crippen LogP contribution in [0.25, 0.3) is 0 Å². The first-order valence-electron chi connectivity index (χ1n) is 7.86. The summed E-state index contributed by atoms with van der Waals surface area (Å²) in [5.41, 5.74) is 4.14. The molecular formula is C16H26N4O. The van der Waals surface area contributed by atoms with Crippen LogP contribution >= 0.6 is 0 Å². The maximum Gasteiger partial charge on any atom is 0.254 e. The number of rotatable bonds is 7. The second-order valence-corrected chi connectivity index (χ2v) is 6.05. The third kappa shape index (κ3) is 3.94. The second kappa shape index (κ2) is 6.89. The van der Waals surface area contributed by atoms with E-state index in [0.29, 0.717) is 17.4 Å². The minimum atomic E-state index is 0.103. The topological polar surface area (TPSA) is 71.2 Å². The van der Waals surface area contributed by atoms with Gasteiger partial charge in [-0.1, -0.05) is 27.2 Å². The van der Waals surface area contributed by atoms with Gasteiger partial charge in [0.2, 0.25) is 0 Å². The van der Waals surface area contributed by atoms with Gasteiger partial charge in [-0.15, -0.1) is 0 Å². The highest BCUT2D eigenvalue weighted by Crippen LogP contribution is 2.29. The van der Waals surface area contributed by atoms with E-state index < -0.39 is 0 Å². The van der Waals surface area contributed by atoms with Gasteiger partial charge in [-0.05, 0) is 37.3 Å². The highest BCUT2D eigenvalue weighted by molar-refractivity contribution is 5.95. The van der Waals surface area contributed by atoms with Gasteiger partial charge in [0.05, 0.1) is 0 Å². The summed E-state index contributed by atoms with van der Waals surface area (Å²) in [6, 6.07) is 4.07. The summed E-state index contributed by atoms with van der Waals surface area (Å²) in [7, 11) is 0. The summed E-state index contributed by atoms with van der Waals surface area (Å²) in [5.74, 6) is 6.39. The average Bonchev–Trinajstić information content (AvgIpc) is 3.31. The van der Waals surface area contributed by atoms with Crippen molar-refractivity contribution in [3.05, 3.63) is 23.4 Å². The molecule has 1 aliphatic carbocycles. The number of carbonyl (C=O) groups excluding carboxylic acids is 1. The van der Waals surface area contributed by atoms with Crippen LogP contribution in [0.4, 0.5) is 5.82 Å². The van der Waals surface area contributed by atoms with Gasteiger partial charge in [0.25, 0.3) is 5.91 Å². The van der Waals surface area contributed by atoms with E-state index in [1.165, 1.54) is 0 Å². The molecule has 1 fully saturated rings. The summed E-state index contributed by atoms with van der Waals surface area (Å²) >= 11 is 0. The van der Waals surface area contributed by atoms with Crippen molar-refractivity contribution in [3.63, 3.8) is 0 Å². The van der Waals surface area contributed by atoms with Crippen molar-refractivity contribution in [2.45, 2.75) is 58.4 Å². The maximum absolute atomic E-state index is 12.8. The molecule has 1 heterocycles. The minimum absolute atomic E-state index is 0.103. The predicted molar refractivity (Wildman–Crippen MR) is 85.1 cm³/mol. The summed E-state index contributed by atoms with van der Waals surface area (Å²) in [5, 5.41) is 0. The van der Waals surface area contributed by atoms with Gasteiger partial charge in [-0.2, -0.15) is 0 Å². The normalized spacial score (nSPS) is 14.3. The Morgan fingerprint density at radius 3 is 2.71 bits per heavy atom. The summed E-state index contributed by atoms with van der Waals surface area (Å²) in [4.78, 5) is 19.2. The number of hydrogen-bond acceptors (Lipinski definition) is 4. The van der Waals surface area contributed by atoms with Crippen LogP contribution in [0.3, 0.4) is 0 Å². The van der Waals surface area contributed by atoms with Crippen LogP contribution in [0.2, 0.25) is 0 Å². The lowest BCUT2D eigenvalue weighted by atomic mass is 10.1. The first kappa shape index (κ1) is 15.8. The Labute approximate surface area is 126 Å². The predicted octanol–water partition coefficient (Wildman–Crippen LogP) is 2.90. The number of carbonyl (C=O) groups is 1. The van der Waals surface area contributed by atoms with Crippen LogP contribution in [0, 0.1) is 0 Å². The second-order valence-electron chi connectivity index (χ2n) is 6.05. The molecule has 0 spiro atoms. The number of nitrogens with zero attached hydrogens (tertiary/aromatic N) is 2. The Hall–Kier alpha value is -1.62. The molecule has 0 bridgehead atoms. The number of pyridine rings is 1. The number of unbranched alkanes of at least 4 members (excludes halogenated alkanes) is 1. The number of hydrazine groups is 1. The molecule has 1 amide bonds. The van der Waals surface area contributed by atoms with E-state index >= 15 is 0 Å². The Kier molecular flexibility index (Phi) is 5.17. The quantitative estimate of drug-likeness (QED) is 0.598. The Morgan fingerprint density at radius 2 is 2.19 bits per heavy atom. The lowest BCUT2D eigenvalue weighted by molar-refractivity contribution is 0.0740.